The zero-order valence-corrected chi connectivity index (χ0v) is 15.4. The molecule has 4 heterocycles. The molecule has 0 aliphatic carbocycles. The Hall–Kier alpha value is -3.52. The standard InChI is InChI=1S/C21H18N3O5/c25-21(15-3-5-17-19(9-15)29-13-27-17)11-23-7-1-6-22-20(23)24(21)10-14-2-4-16-18(8-14)28-12-26-16/h1-9,25H,10-13H2/q+1. The van der Waals surface area contributed by atoms with E-state index in [-0.39, 0.29) is 13.6 Å². The Bertz CT molecular complexity index is 1120. The van der Waals surface area contributed by atoms with Gasteiger partial charge in [0.1, 0.15) is 12.7 Å². The molecule has 0 spiro atoms. The van der Waals surface area contributed by atoms with E-state index in [0.29, 0.717) is 41.8 Å². The van der Waals surface area contributed by atoms with Gasteiger partial charge in [0.05, 0.1) is 12.7 Å². The molecule has 3 aromatic rings. The van der Waals surface area contributed by atoms with Crippen LogP contribution in [0, 0.1) is 0 Å². The Labute approximate surface area is 166 Å². The molecule has 3 aliphatic rings. The molecule has 0 saturated carbocycles. The first-order valence-corrected chi connectivity index (χ1v) is 9.34. The van der Waals surface area contributed by atoms with Crippen LogP contribution >= 0.6 is 0 Å². The Morgan fingerprint density at radius 3 is 2.52 bits per heavy atom. The summed E-state index contributed by atoms with van der Waals surface area (Å²) in [6, 6.07) is 13.2. The van der Waals surface area contributed by atoms with Crippen molar-refractivity contribution < 1.29 is 28.6 Å². The molecule has 0 radical (unpaired) electrons. The fourth-order valence-corrected chi connectivity index (χ4v) is 4.05. The van der Waals surface area contributed by atoms with Gasteiger partial charge in [-0.05, 0) is 35.9 Å². The highest BCUT2D eigenvalue weighted by atomic mass is 16.7. The van der Waals surface area contributed by atoms with Crippen LogP contribution in [0.2, 0.25) is 0 Å². The highest BCUT2D eigenvalue weighted by Crippen LogP contribution is 2.41. The van der Waals surface area contributed by atoms with E-state index in [9.17, 15) is 5.11 Å². The van der Waals surface area contributed by atoms with E-state index in [2.05, 4.69) is 4.98 Å². The lowest BCUT2D eigenvalue weighted by atomic mass is 10.0. The third-order valence-corrected chi connectivity index (χ3v) is 5.49. The maximum atomic E-state index is 11.8. The number of benzene rings is 2. The summed E-state index contributed by atoms with van der Waals surface area (Å²) in [5.74, 6) is 3.44. The third kappa shape index (κ3) is 2.49. The van der Waals surface area contributed by atoms with Crippen LogP contribution < -0.4 is 28.4 Å². The minimum absolute atomic E-state index is 0.189. The van der Waals surface area contributed by atoms with Crippen LogP contribution in [-0.4, -0.2) is 23.7 Å². The molecule has 3 aliphatic heterocycles. The summed E-state index contributed by atoms with van der Waals surface area (Å²) in [6.45, 7) is 1.21. The Kier molecular flexibility index (Phi) is 3.39. The molecule has 1 N–H and O–H groups in total. The second-order valence-electron chi connectivity index (χ2n) is 7.21. The van der Waals surface area contributed by atoms with Crippen molar-refractivity contribution in [3.63, 3.8) is 0 Å². The molecule has 146 valence electrons. The number of ether oxygens (including phenoxy) is 4. The number of anilines is 1. The lowest BCUT2D eigenvalue weighted by molar-refractivity contribution is -0.685. The van der Waals surface area contributed by atoms with Crippen LogP contribution in [0.5, 0.6) is 23.0 Å². The van der Waals surface area contributed by atoms with E-state index < -0.39 is 5.72 Å². The third-order valence-electron chi connectivity index (χ3n) is 5.49. The van der Waals surface area contributed by atoms with Gasteiger partial charge in [-0.15, -0.1) is 0 Å². The van der Waals surface area contributed by atoms with E-state index in [1.807, 2.05) is 58.1 Å². The topological polar surface area (TPSA) is 77.2 Å². The molecule has 0 saturated heterocycles. The molecule has 8 heteroatoms. The van der Waals surface area contributed by atoms with Crippen molar-refractivity contribution in [2.24, 2.45) is 0 Å². The van der Waals surface area contributed by atoms with Gasteiger partial charge in [-0.1, -0.05) is 11.1 Å². The highest BCUT2D eigenvalue weighted by molar-refractivity contribution is 5.50. The Morgan fingerprint density at radius 1 is 0.966 bits per heavy atom. The van der Waals surface area contributed by atoms with Crippen LogP contribution in [-0.2, 0) is 18.8 Å². The van der Waals surface area contributed by atoms with Crippen molar-refractivity contribution in [2.75, 3.05) is 18.5 Å². The molecule has 29 heavy (non-hydrogen) atoms. The molecule has 1 aromatic heterocycles. The molecular formula is C21H18N3O5+. The number of hydrogen-bond donors (Lipinski definition) is 1. The van der Waals surface area contributed by atoms with Gasteiger partial charge in [-0.25, -0.2) is 9.47 Å². The van der Waals surface area contributed by atoms with E-state index in [1.54, 1.807) is 6.20 Å². The van der Waals surface area contributed by atoms with Gasteiger partial charge in [-0.2, -0.15) is 0 Å². The number of rotatable bonds is 3. The maximum Gasteiger partial charge on any atom is 0.397 e. The van der Waals surface area contributed by atoms with Crippen molar-refractivity contribution in [1.82, 2.24) is 4.98 Å². The quantitative estimate of drug-likeness (QED) is 0.680. The summed E-state index contributed by atoms with van der Waals surface area (Å²) < 4.78 is 23.8. The van der Waals surface area contributed by atoms with Crippen molar-refractivity contribution in [3.8, 4) is 23.0 Å². The predicted molar refractivity (Wildman–Crippen MR) is 99.6 cm³/mol. The average Bonchev–Trinajstić information content (AvgIpc) is 3.45. The second kappa shape index (κ2) is 5.99. The van der Waals surface area contributed by atoms with Gasteiger partial charge in [0.2, 0.25) is 19.3 Å². The van der Waals surface area contributed by atoms with Crippen molar-refractivity contribution in [2.45, 2.75) is 18.8 Å². The summed E-state index contributed by atoms with van der Waals surface area (Å²) in [4.78, 5) is 6.41. The largest absolute Gasteiger partial charge is 0.454 e. The predicted octanol–water partition coefficient (Wildman–Crippen LogP) is 1.69. The highest BCUT2D eigenvalue weighted by Gasteiger charge is 2.52. The van der Waals surface area contributed by atoms with Gasteiger partial charge >= 0.3 is 5.95 Å². The minimum atomic E-state index is -1.29. The molecule has 0 bridgehead atoms. The van der Waals surface area contributed by atoms with Crippen LogP contribution in [0.15, 0.2) is 54.9 Å². The van der Waals surface area contributed by atoms with Crippen LogP contribution in [0.25, 0.3) is 0 Å². The minimum Gasteiger partial charge on any atom is -0.454 e. The summed E-state index contributed by atoms with van der Waals surface area (Å²) in [5, 5.41) is 11.8. The Balaban J connectivity index is 1.42. The first-order chi connectivity index (χ1) is 14.2. The molecule has 0 fully saturated rings. The number of hydrogen-bond acceptors (Lipinski definition) is 7. The molecule has 2 aromatic carbocycles. The number of aromatic nitrogens is 2. The van der Waals surface area contributed by atoms with E-state index in [0.717, 1.165) is 11.3 Å². The fraction of sp³-hybridized carbons (Fsp3) is 0.238. The number of nitrogens with zero attached hydrogens (tertiary/aromatic N) is 3. The first kappa shape index (κ1) is 16.4. The summed E-state index contributed by atoms with van der Waals surface area (Å²) in [5.41, 5.74) is 0.402. The Morgan fingerprint density at radius 2 is 1.69 bits per heavy atom. The van der Waals surface area contributed by atoms with Crippen LogP contribution in [0.1, 0.15) is 11.1 Å². The van der Waals surface area contributed by atoms with Gasteiger partial charge in [-0.3, -0.25) is 0 Å². The number of aliphatic hydroxyl groups is 1. The SMILES string of the molecule is OC1(c2ccc3c(c2)OCO3)C[n+]2cccnc2N1Cc1ccc2c(c1)OCO2. The summed E-state index contributed by atoms with van der Waals surface area (Å²) in [6.07, 6.45) is 3.64. The van der Waals surface area contributed by atoms with E-state index >= 15 is 0 Å². The lowest BCUT2D eigenvalue weighted by Gasteiger charge is -2.28. The van der Waals surface area contributed by atoms with Crippen molar-refractivity contribution >= 4 is 5.95 Å². The van der Waals surface area contributed by atoms with Crippen LogP contribution in [0.4, 0.5) is 5.95 Å². The van der Waals surface area contributed by atoms with Gasteiger partial charge in [0, 0.05) is 11.6 Å². The molecule has 8 nitrogen and oxygen atoms in total. The molecule has 0 amide bonds. The molecule has 1 atom stereocenters. The van der Waals surface area contributed by atoms with Gasteiger partial charge < -0.3 is 24.1 Å². The molecular weight excluding hydrogens is 374 g/mol. The van der Waals surface area contributed by atoms with Gasteiger partial charge in [0.25, 0.3) is 0 Å². The number of fused-ring (bicyclic) bond motifs is 3. The monoisotopic (exact) mass is 392 g/mol. The van der Waals surface area contributed by atoms with E-state index in [4.69, 9.17) is 18.9 Å². The average molecular weight is 392 g/mol. The van der Waals surface area contributed by atoms with Gasteiger partial charge in [0.15, 0.2) is 23.0 Å². The zero-order chi connectivity index (χ0) is 19.4. The summed E-state index contributed by atoms with van der Waals surface area (Å²) in [7, 11) is 0. The lowest BCUT2D eigenvalue weighted by Crippen LogP contribution is -2.45. The summed E-state index contributed by atoms with van der Waals surface area (Å²) >= 11 is 0. The second-order valence-corrected chi connectivity index (χ2v) is 7.21. The fourth-order valence-electron chi connectivity index (χ4n) is 4.05. The van der Waals surface area contributed by atoms with Crippen molar-refractivity contribution in [3.05, 3.63) is 66.0 Å². The first-order valence-electron chi connectivity index (χ1n) is 9.34. The molecule has 1 unspecified atom stereocenters. The smallest absolute Gasteiger partial charge is 0.397 e. The normalized spacial score (nSPS) is 20.8. The molecule has 6 rings (SSSR count). The maximum absolute atomic E-state index is 11.8. The zero-order valence-electron chi connectivity index (χ0n) is 15.4. The van der Waals surface area contributed by atoms with E-state index in [1.165, 1.54) is 0 Å². The van der Waals surface area contributed by atoms with Crippen molar-refractivity contribution in [1.29, 1.82) is 0 Å². The van der Waals surface area contributed by atoms with Crippen LogP contribution in [0.3, 0.4) is 0 Å².